The highest BCUT2D eigenvalue weighted by molar-refractivity contribution is 5.93. The fourth-order valence-electron chi connectivity index (χ4n) is 4.73. The maximum Gasteiger partial charge on any atom is 0.343 e. The summed E-state index contributed by atoms with van der Waals surface area (Å²) in [5.74, 6) is -3.14. The number of aryl methyl sites for hydroxylation is 1. The van der Waals surface area contributed by atoms with Crippen LogP contribution in [0.25, 0.3) is 0 Å². The Kier molecular flexibility index (Phi) is 8.43. The largest absolute Gasteiger partial charge is 0.480 e. The average Bonchev–Trinajstić information content (AvgIpc) is 3.30. The van der Waals surface area contributed by atoms with E-state index >= 15 is 0 Å². The summed E-state index contributed by atoms with van der Waals surface area (Å²) >= 11 is 0. The van der Waals surface area contributed by atoms with Crippen LogP contribution in [0.2, 0.25) is 0 Å². The second-order valence-corrected chi connectivity index (χ2v) is 9.45. The van der Waals surface area contributed by atoms with Crippen LogP contribution < -0.4 is 15.8 Å². The number of aromatic carboxylic acids is 1. The molecule has 11 heteroatoms. The Morgan fingerprint density at radius 1 is 1.00 bits per heavy atom. The molecule has 0 bridgehead atoms. The number of guanidine groups is 1. The van der Waals surface area contributed by atoms with E-state index in [0.717, 1.165) is 11.1 Å². The maximum absolute atomic E-state index is 13.2. The van der Waals surface area contributed by atoms with Crippen molar-refractivity contribution in [2.24, 2.45) is 5.73 Å². The normalized spacial score (nSPS) is 13.7. The Hall–Kier alpha value is -5.19. The van der Waals surface area contributed by atoms with Crippen molar-refractivity contribution in [1.82, 2.24) is 4.90 Å². The number of hydrogen-bond donors (Lipinski definition) is 5. The Morgan fingerprint density at radius 3 is 2.42 bits per heavy atom. The number of fused-ring (bicyclic) bond motifs is 1. The van der Waals surface area contributed by atoms with Gasteiger partial charge in [0.25, 0.3) is 0 Å². The smallest absolute Gasteiger partial charge is 0.343 e. The van der Waals surface area contributed by atoms with Gasteiger partial charge in [-0.05, 0) is 84.0 Å². The molecule has 0 saturated carbocycles. The third kappa shape index (κ3) is 7.01. The lowest BCUT2D eigenvalue weighted by molar-refractivity contribution is -0.145. The van der Waals surface area contributed by atoms with E-state index in [9.17, 15) is 29.4 Å². The summed E-state index contributed by atoms with van der Waals surface area (Å²) in [6, 6.07) is 17.7. The van der Waals surface area contributed by atoms with Crippen LogP contribution in [0.5, 0.6) is 5.75 Å². The highest BCUT2D eigenvalue weighted by Gasteiger charge is 2.28. The summed E-state index contributed by atoms with van der Waals surface area (Å²) < 4.78 is 5.53. The van der Waals surface area contributed by atoms with E-state index in [1.807, 2.05) is 6.07 Å². The van der Waals surface area contributed by atoms with Gasteiger partial charge in [-0.2, -0.15) is 0 Å². The van der Waals surface area contributed by atoms with Gasteiger partial charge in [-0.3, -0.25) is 15.0 Å². The van der Waals surface area contributed by atoms with Crippen LogP contribution in [0.4, 0.5) is 5.69 Å². The maximum atomic E-state index is 13.2. The summed E-state index contributed by atoms with van der Waals surface area (Å²) in [5.41, 5.74) is 8.67. The predicted molar refractivity (Wildman–Crippen MR) is 146 cm³/mol. The Labute approximate surface area is 229 Å². The molecule has 1 atom stereocenters. The van der Waals surface area contributed by atoms with Gasteiger partial charge >= 0.3 is 17.9 Å². The summed E-state index contributed by atoms with van der Waals surface area (Å²) in [6.45, 7) is -0.525. The van der Waals surface area contributed by atoms with Crippen LogP contribution in [0.15, 0.2) is 66.7 Å². The molecule has 206 valence electrons. The molecule has 4 rings (SSSR count). The summed E-state index contributed by atoms with van der Waals surface area (Å²) in [5, 5.41) is 28.5. The van der Waals surface area contributed by atoms with E-state index in [1.165, 1.54) is 17.0 Å². The molecule has 0 spiro atoms. The number of aliphatic carboxylic acids is 1. The van der Waals surface area contributed by atoms with Crippen molar-refractivity contribution in [2.45, 2.75) is 31.7 Å². The number of amides is 1. The molecule has 0 fully saturated rings. The quantitative estimate of drug-likeness (QED) is 0.110. The number of ether oxygens (including phenoxy) is 1. The summed E-state index contributed by atoms with van der Waals surface area (Å²) in [7, 11) is 0. The molecule has 0 heterocycles. The van der Waals surface area contributed by atoms with E-state index in [0.29, 0.717) is 35.4 Å². The van der Waals surface area contributed by atoms with Crippen molar-refractivity contribution >= 4 is 35.5 Å². The topological polar surface area (TPSA) is 183 Å². The molecule has 1 amide bonds. The number of carbonyl (C=O) groups is 4. The van der Waals surface area contributed by atoms with Gasteiger partial charge in [0.15, 0.2) is 5.96 Å². The molecule has 0 aliphatic heterocycles. The lowest BCUT2D eigenvalue weighted by atomic mass is 9.97. The highest BCUT2D eigenvalue weighted by atomic mass is 16.5. The van der Waals surface area contributed by atoms with Crippen molar-refractivity contribution in [3.63, 3.8) is 0 Å². The fraction of sp³-hybridized carbons (Fsp3) is 0.207. The first kappa shape index (κ1) is 27.8. The number of nitrogens with two attached hydrogens (primary N) is 1. The molecule has 40 heavy (non-hydrogen) atoms. The number of nitrogens with one attached hydrogen (secondary N) is 2. The van der Waals surface area contributed by atoms with Crippen LogP contribution >= 0.6 is 0 Å². The van der Waals surface area contributed by atoms with Gasteiger partial charge in [-0.1, -0.05) is 18.2 Å². The Morgan fingerprint density at radius 2 is 1.75 bits per heavy atom. The third-order valence-corrected chi connectivity index (χ3v) is 6.57. The Balaban J connectivity index is 1.41. The van der Waals surface area contributed by atoms with Crippen molar-refractivity contribution in [3.05, 3.63) is 94.5 Å². The molecule has 6 N–H and O–H groups in total. The van der Waals surface area contributed by atoms with E-state index in [2.05, 4.69) is 5.32 Å². The molecule has 0 radical (unpaired) electrons. The van der Waals surface area contributed by atoms with E-state index in [4.69, 9.17) is 15.9 Å². The van der Waals surface area contributed by atoms with Crippen LogP contribution in [-0.4, -0.2) is 51.4 Å². The molecule has 1 unspecified atom stereocenters. The average molecular weight is 545 g/mol. The number of carbonyl (C=O) groups excluding carboxylic acids is 2. The van der Waals surface area contributed by atoms with Crippen LogP contribution in [0, 0.1) is 5.41 Å². The van der Waals surface area contributed by atoms with Crippen LogP contribution in [-0.2, 0) is 22.6 Å². The van der Waals surface area contributed by atoms with Crippen molar-refractivity contribution < 1.29 is 34.1 Å². The number of nitrogens with zero attached hydrogens (tertiary/aromatic N) is 1. The molecule has 1 aliphatic rings. The molecule has 0 saturated heterocycles. The van der Waals surface area contributed by atoms with Crippen LogP contribution in [0.3, 0.4) is 0 Å². The number of carboxylic acids is 2. The van der Waals surface area contributed by atoms with E-state index in [1.54, 1.807) is 48.5 Å². The van der Waals surface area contributed by atoms with E-state index < -0.39 is 24.5 Å². The van der Waals surface area contributed by atoms with Gasteiger partial charge in [0.2, 0.25) is 5.91 Å². The van der Waals surface area contributed by atoms with Crippen molar-refractivity contribution in [3.8, 4) is 5.75 Å². The number of anilines is 1. The standard InChI is InChI=1S/C29H28N4O7/c30-29(31)32-22-8-6-18(7-9-22)28(39)40-23-10-11-24-19(13-23)4-5-20(24)14-25(34)33(16-26(35)36)15-17-2-1-3-21(12-17)27(37)38/h1-3,6-13,20H,4-5,14-16H2,(H,35,36)(H,37,38)(H4,30,31,32). The lowest BCUT2D eigenvalue weighted by Gasteiger charge is -2.23. The lowest BCUT2D eigenvalue weighted by Crippen LogP contribution is -2.35. The van der Waals surface area contributed by atoms with E-state index in [-0.39, 0.29) is 36.3 Å². The van der Waals surface area contributed by atoms with Gasteiger partial charge in [0, 0.05) is 18.7 Å². The molecule has 11 nitrogen and oxygen atoms in total. The van der Waals surface area contributed by atoms with Crippen LogP contribution in [0.1, 0.15) is 56.2 Å². The van der Waals surface area contributed by atoms with Gasteiger partial charge in [0.1, 0.15) is 12.3 Å². The zero-order valence-electron chi connectivity index (χ0n) is 21.4. The zero-order chi connectivity index (χ0) is 28.8. The minimum atomic E-state index is -1.16. The van der Waals surface area contributed by atoms with Gasteiger partial charge < -0.3 is 30.9 Å². The minimum absolute atomic E-state index is 0.0213. The fourth-order valence-corrected chi connectivity index (χ4v) is 4.73. The molecule has 3 aromatic carbocycles. The SMILES string of the molecule is N=C(N)Nc1ccc(C(=O)Oc2ccc3c(c2)CCC3CC(=O)N(CC(=O)O)Cc2cccc(C(=O)O)c2)cc1. The molecule has 3 aromatic rings. The van der Waals surface area contributed by atoms with Crippen molar-refractivity contribution in [1.29, 1.82) is 5.41 Å². The monoisotopic (exact) mass is 544 g/mol. The number of benzene rings is 3. The third-order valence-electron chi connectivity index (χ3n) is 6.57. The summed E-state index contributed by atoms with van der Waals surface area (Å²) in [6.07, 6.45) is 1.45. The second kappa shape index (κ2) is 12.1. The number of rotatable bonds is 10. The molecular formula is C29H28N4O7. The summed E-state index contributed by atoms with van der Waals surface area (Å²) in [4.78, 5) is 49.7. The number of esters is 1. The first-order chi connectivity index (χ1) is 19.1. The molecular weight excluding hydrogens is 516 g/mol. The van der Waals surface area contributed by atoms with Crippen molar-refractivity contribution in [2.75, 3.05) is 11.9 Å². The molecule has 1 aliphatic carbocycles. The first-order valence-electron chi connectivity index (χ1n) is 12.5. The molecule has 0 aromatic heterocycles. The van der Waals surface area contributed by atoms with Gasteiger partial charge in [0.05, 0.1) is 11.1 Å². The van der Waals surface area contributed by atoms with Gasteiger partial charge in [-0.25, -0.2) is 9.59 Å². The zero-order valence-corrected chi connectivity index (χ0v) is 21.4. The minimum Gasteiger partial charge on any atom is -0.480 e. The van der Waals surface area contributed by atoms with Gasteiger partial charge in [-0.15, -0.1) is 0 Å². The Bertz CT molecular complexity index is 1470. The number of carboxylic acid groups (broad SMARTS) is 2. The second-order valence-electron chi connectivity index (χ2n) is 9.45. The highest BCUT2D eigenvalue weighted by Crippen LogP contribution is 2.38. The first-order valence-corrected chi connectivity index (χ1v) is 12.5. The predicted octanol–water partition coefficient (Wildman–Crippen LogP) is 3.44. The number of hydrogen-bond acceptors (Lipinski definition) is 6.